The number of aromatic nitrogens is 2. The van der Waals surface area contributed by atoms with Crippen molar-refractivity contribution in [2.45, 2.75) is 6.54 Å². The second kappa shape index (κ2) is 7.88. The molecule has 132 valence electrons. The van der Waals surface area contributed by atoms with Gasteiger partial charge in [0, 0.05) is 11.6 Å². The third-order valence-corrected chi connectivity index (χ3v) is 3.88. The van der Waals surface area contributed by atoms with E-state index in [0.29, 0.717) is 5.02 Å². The smallest absolute Gasteiger partial charge is 0.272 e. The third-order valence-electron chi connectivity index (χ3n) is 3.51. The highest BCUT2D eigenvalue weighted by atomic mass is 35.5. The monoisotopic (exact) mass is 374 g/mol. The zero-order valence-corrected chi connectivity index (χ0v) is 14.1. The Morgan fingerprint density at radius 2 is 1.69 bits per heavy atom. The van der Waals surface area contributed by atoms with Crippen LogP contribution < -0.4 is 10.6 Å². The van der Waals surface area contributed by atoms with Gasteiger partial charge in [-0.25, -0.2) is 8.78 Å². The van der Waals surface area contributed by atoms with Crippen molar-refractivity contribution in [3.8, 4) is 0 Å². The van der Waals surface area contributed by atoms with Crippen LogP contribution in [0.1, 0.15) is 16.1 Å². The summed E-state index contributed by atoms with van der Waals surface area (Å²) in [6.45, 7) is 0.237. The Balaban J connectivity index is 1.65. The Morgan fingerprint density at radius 3 is 2.35 bits per heavy atom. The van der Waals surface area contributed by atoms with Gasteiger partial charge in [-0.05, 0) is 35.9 Å². The molecule has 0 atom stereocenters. The number of rotatable bonds is 5. The highest BCUT2D eigenvalue weighted by Gasteiger charge is 2.12. The van der Waals surface area contributed by atoms with Crippen LogP contribution in [0.5, 0.6) is 0 Å². The molecule has 26 heavy (non-hydrogen) atoms. The van der Waals surface area contributed by atoms with Gasteiger partial charge in [0.05, 0.1) is 0 Å². The molecule has 0 fully saturated rings. The third kappa shape index (κ3) is 4.12. The number of amides is 1. The first-order chi connectivity index (χ1) is 12.5. The molecular formula is C18H13ClF2N4O. The predicted octanol–water partition coefficient (Wildman–Crippen LogP) is 4.08. The predicted molar refractivity (Wildman–Crippen MR) is 94.3 cm³/mol. The van der Waals surface area contributed by atoms with E-state index in [-0.39, 0.29) is 23.7 Å². The SMILES string of the molecule is O=C(NCc1ccccc1Cl)c1ccc(Nc2c(F)cccc2F)nn1. The highest BCUT2D eigenvalue weighted by molar-refractivity contribution is 6.31. The molecule has 0 aliphatic rings. The number of halogens is 3. The van der Waals surface area contributed by atoms with Crippen LogP contribution in [0.15, 0.2) is 54.6 Å². The first-order valence-corrected chi connectivity index (χ1v) is 7.99. The first kappa shape index (κ1) is 17.8. The molecule has 2 aromatic carbocycles. The van der Waals surface area contributed by atoms with Crippen molar-refractivity contribution in [2.24, 2.45) is 0 Å². The number of hydrogen-bond acceptors (Lipinski definition) is 4. The van der Waals surface area contributed by atoms with Crippen molar-refractivity contribution in [1.82, 2.24) is 15.5 Å². The molecule has 3 aromatic rings. The van der Waals surface area contributed by atoms with E-state index < -0.39 is 17.5 Å². The lowest BCUT2D eigenvalue weighted by atomic mass is 10.2. The molecule has 0 radical (unpaired) electrons. The fourth-order valence-electron chi connectivity index (χ4n) is 2.17. The minimum absolute atomic E-state index is 0.0663. The number of nitrogens with zero attached hydrogens (tertiary/aromatic N) is 2. The number of para-hydroxylation sites is 1. The number of carbonyl (C=O) groups is 1. The van der Waals surface area contributed by atoms with E-state index in [1.54, 1.807) is 18.2 Å². The van der Waals surface area contributed by atoms with Gasteiger partial charge in [-0.1, -0.05) is 35.9 Å². The Labute approximate surface area is 153 Å². The van der Waals surface area contributed by atoms with Crippen LogP contribution in [0.25, 0.3) is 0 Å². The average Bonchev–Trinajstić information content (AvgIpc) is 2.64. The molecule has 5 nitrogen and oxygen atoms in total. The number of benzene rings is 2. The molecule has 2 N–H and O–H groups in total. The van der Waals surface area contributed by atoms with Gasteiger partial charge >= 0.3 is 0 Å². The normalized spacial score (nSPS) is 10.4. The molecule has 0 aliphatic carbocycles. The lowest BCUT2D eigenvalue weighted by molar-refractivity contribution is 0.0945. The summed E-state index contributed by atoms with van der Waals surface area (Å²) in [5, 5.41) is 13.3. The fraction of sp³-hybridized carbons (Fsp3) is 0.0556. The Kier molecular flexibility index (Phi) is 5.38. The Hall–Kier alpha value is -3.06. The van der Waals surface area contributed by atoms with Crippen molar-refractivity contribution in [3.05, 3.63) is 82.5 Å². The molecule has 1 heterocycles. The second-order valence-electron chi connectivity index (χ2n) is 5.30. The number of anilines is 2. The van der Waals surface area contributed by atoms with Crippen LogP contribution in [0.3, 0.4) is 0 Å². The summed E-state index contributed by atoms with van der Waals surface area (Å²) in [6.07, 6.45) is 0. The van der Waals surface area contributed by atoms with Crippen molar-refractivity contribution < 1.29 is 13.6 Å². The fourth-order valence-corrected chi connectivity index (χ4v) is 2.38. The summed E-state index contributed by atoms with van der Waals surface area (Å²) in [4.78, 5) is 12.1. The van der Waals surface area contributed by atoms with E-state index in [1.807, 2.05) is 6.07 Å². The van der Waals surface area contributed by atoms with Gasteiger partial charge < -0.3 is 10.6 Å². The van der Waals surface area contributed by atoms with Crippen LogP contribution in [0, 0.1) is 11.6 Å². The molecule has 0 aliphatic heterocycles. The maximum absolute atomic E-state index is 13.6. The maximum atomic E-state index is 13.6. The maximum Gasteiger partial charge on any atom is 0.272 e. The van der Waals surface area contributed by atoms with Crippen LogP contribution in [0.2, 0.25) is 5.02 Å². The van der Waals surface area contributed by atoms with Gasteiger partial charge in [-0.3, -0.25) is 4.79 Å². The molecule has 8 heteroatoms. The molecule has 0 bridgehead atoms. The summed E-state index contributed by atoms with van der Waals surface area (Å²) in [6, 6.07) is 13.4. The largest absolute Gasteiger partial charge is 0.347 e. The standard InChI is InChI=1S/C18H13ClF2N4O/c19-12-5-2-1-4-11(12)10-22-18(26)15-8-9-16(25-24-15)23-17-13(20)6-3-7-14(17)21/h1-9H,10H2,(H,22,26)(H,23,25). The summed E-state index contributed by atoms with van der Waals surface area (Å²) in [5.74, 6) is -1.85. The Bertz CT molecular complexity index is 914. The van der Waals surface area contributed by atoms with E-state index in [1.165, 1.54) is 18.2 Å². The van der Waals surface area contributed by atoms with Gasteiger partial charge in [0.1, 0.15) is 17.3 Å². The minimum atomic E-state index is -0.756. The lowest BCUT2D eigenvalue weighted by Crippen LogP contribution is -2.24. The molecular weight excluding hydrogens is 362 g/mol. The number of nitrogens with one attached hydrogen (secondary N) is 2. The molecule has 0 saturated carbocycles. The summed E-state index contributed by atoms with van der Waals surface area (Å²) < 4.78 is 27.2. The zero-order valence-electron chi connectivity index (χ0n) is 13.3. The van der Waals surface area contributed by atoms with Gasteiger partial charge in [-0.2, -0.15) is 0 Å². The van der Waals surface area contributed by atoms with Crippen LogP contribution in [0.4, 0.5) is 20.3 Å². The summed E-state index contributed by atoms with van der Waals surface area (Å²) >= 11 is 6.03. The molecule has 1 amide bonds. The van der Waals surface area contributed by atoms with E-state index in [9.17, 15) is 13.6 Å². The van der Waals surface area contributed by atoms with Crippen LogP contribution >= 0.6 is 11.6 Å². The van der Waals surface area contributed by atoms with E-state index in [0.717, 1.165) is 17.7 Å². The zero-order chi connectivity index (χ0) is 18.5. The topological polar surface area (TPSA) is 66.9 Å². The average molecular weight is 375 g/mol. The molecule has 0 spiro atoms. The minimum Gasteiger partial charge on any atom is -0.347 e. The highest BCUT2D eigenvalue weighted by Crippen LogP contribution is 2.21. The van der Waals surface area contributed by atoms with Crippen molar-refractivity contribution in [2.75, 3.05) is 5.32 Å². The first-order valence-electron chi connectivity index (χ1n) is 7.61. The Morgan fingerprint density at radius 1 is 0.962 bits per heavy atom. The quantitative estimate of drug-likeness (QED) is 0.706. The van der Waals surface area contributed by atoms with Gasteiger partial charge in [0.15, 0.2) is 11.5 Å². The molecule has 0 unspecified atom stereocenters. The lowest BCUT2D eigenvalue weighted by Gasteiger charge is -2.08. The van der Waals surface area contributed by atoms with Gasteiger partial charge in [-0.15, -0.1) is 10.2 Å². The van der Waals surface area contributed by atoms with Crippen molar-refractivity contribution >= 4 is 29.0 Å². The van der Waals surface area contributed by atoms with Crippen LogP contribution in [-0.4, -0.2) is 16.1 Å². The van der Waals surface area contributed by atoms with Crippen LogP contribution in [-0.2, 0) is 6.54 Å². The van der Waals surface area contributed by atoms with E-state index in [4.69, 9.17) is 11.6 Å². The second-order valence-corrected chi connectivity index (χ2v) is 5.71. The van der Waals surface area contributed by atoms with Crippen molar-refractivity contribution in [3.63, 3.8) is 0 Å². The molecule has 1 aromatic heterocycles. The van der Waals surface area contributed by atoms with Gasteiger partial charge in [0.2, 0.25) is 0 Å². The van der Waals surface area contributed by atoms with E-state index >= 15 is 0 Å². The van der Waals surface area contributed by atoms with E-state index in [2.05, 4.69) is 20.8 Å². The molecule has 3 rings (SSSR count). The summed E-state index contributed by atoms with van der Waals surface area (Å²) in [7, 11) is 0. The summed E-state index contributed by atoms with van der Waals surface area (Å²) in [5.41, 5.74) is 0.498. The number of carbonyl (C=O) groups excluding carboxylic acids is 1. The van der Waals surface area contributed by atoms with Crippen molar-refractivity contribution in [1.29, 1.82) is 0 Å². The number of hydrogen-bond donors (Lipinski definition) is 2. The van der Waals surface area contributed by atoms with Gasteiger partial charge in [0.25, 0.3) is 5.91 Å². The molecule has 0 saturated heterocycles.